The fourth-order valence-corrected chi connectivity index (χ4v) is 4.22. The van der Waals surface area contributed by atoms with Crippen molar-refractivity contribution in [3.63, 3.8) is 0 Å². The van der Waals surface area contributed by atoms with Gasteiger partial charge >= 0.3 is 6.36 Å². The van der Waals surface area contributed by atoms with E-state index < -0.39 is 6.36 Å². The number of alkyl halides is 3. The fourth-order valence-electron chi connectivity index (χ4n) is 4.22. The Hall–Kier alpha value is -4.14. The number of hydrogen-bond acceptors (Lipinski definition) is 5. The fraction of sp³-hybridized carbons (Fsp3) is 0.250. The Morgan fingerprint density at radius 1 is 1.05 bits per heavy atom. The maximum absolute atomic E-state index is 13.1. The third kappa shape index (κ3) is 6.35. The summed E-state index contributed by atoms with van der Waals surface area (Å²) in [6, 6.07) is 15.4. The number of allylic oxidation sites excluding steroid dienone is 2. The number of fused-ring (bicyclic) bond motifs is 1. The molecule has 2 aromatic heterocycles. The van der Waals surface area contributed by atoms with Gasteiger partial charge in [0.2, 0.25) is 0 Å². The summed E-state index contributed by atoms with van der Waals surface area (Å²) in [6.07, 6.45) is 0.448. The summed E-state index contributed by atoms with van der Waals surface area (Å²) >= 11 is 0. The van der Waals surface area contributed by atoms with Crippen LogP contribution in [0.2, 0.25) is 0 Å². The van der Waals surface area contributed by atoms with Gasteiger partial charge < -0.3 is 15.0 Å². The van der Waals surface area contributed by atoms with Gasteiger partial charge in [-0.25, -0.2) is 9.97 Å². The molecule has 2 N–H and O–H groups in total. The number of anilines is 1. The summed E-state index contributed by atoms with van der Waals surface area (Å²) in [4.78, 5) is 21.5. The van der Waals surface area contributed by atoms with Gasteiger partial charge in [0.05, 0.1) is 5.39 Å². The van der Waals surface area contributed by atoms with Crippen LogP contribution in [0, 0.1) is 0 Å². The van der Waals surface area contributed by atoms with Gasteiger partial charge in [-0.05, 0) is 73.2 Å². The van der Waals surface area contributed by atoms with E-state index >= 15 is 0 Å². The third-order valence-corrected chi connectivity index (χ3v) is 6.27. The van der Waals surface area contributed by atoms with E-state index in [4.69, 9.17) is 5.73 Å². The smallest absolute Gasteiger partial charge is 0.406 e. The first kappa shape index (κ1) is 25.9. The van der Waals surface area contributed by atoms with Crippen LogP contribution in [0.3, 0.4) is 0 Å². The van der Waals surface area contributed by atoms with Crippen LogP contribution >= 0.6 is 0 Å². The Labute approximate surface area is 212 Å². The van der Waals surface area contributed by atoms with Crippen molar-refractivity contribution < 1.29 is 22.7 Å². The van der Waals surface area contributed by atoms with Crippen LogP contribution < -0.4 is 10.5 Å². The van der Waals surface area contributed by atoms with E-state index in [9.17, 15) is 18.0 Å². The molecular weight excluding hydrogens is 481 g/mol. The monoisotopic (exact) mass is 508 g/mol. The molecular formula is C28H27F3N4O2. The zero-order chi connectivity index (χ0) is 26.6. The Balaban J connectivity index is 1.45. The first-order valence-corrected chi connectivity index (χ1v) is 11.9. The quantitative estimate of drug-likeness (QED) is 0.266. The molecule has 192 valence electrons. The molecule has 0 saturated heterocycles. The number of aromatic nitrogens is 3. The number of carbonyl (C=O) groups is 1. The van der Waals surface area contributed by atoms with E-state index in [1.807, 2.05) is 54.9 Å². The predicted octanol–water partition coefficient (Wildman–Crippen LogP) is 6.37. The van der Waals surface area contributed by atoms with Crippen molar-refractivity contribution in [2.75, 3.05) is 5.73 Å². The first-order chi connectivity index (χ1) is 17.6. The number of nitrogen functional groups attached to an aromatic ring is 1. The van der Waals surface area contributed by atoms with Gasteiger partial charge in [0.15, 0.2) is 5.78 Å². The van der Waals surface area contributed by atoms with Crippen molar-refractivity contribution >= 4 is 22.6 Å². The number of Topliss-reactive ketones (excluding diaryl/α,β-unsaturated/α-hetero) is 1. The molecule has 9 heteroatoms. The number of benzene rings is 2. The minimum absolute atomic E-state index is 0.00631. The largest absolute Gasteiger partial charge is 0.573 e. The zero-order valence-electron chi connectivity index (χ0n) is 20.5. The number of hydrogen-bond donors (Lipinski definition) is 1. The van der Waals surface area contributed by atoms with Crippen molar-refractivity contribution in [3.05, 3.63) is 89.4 Å². The van der Waals surface area contributed by atoms with Crippen LogP contribution in [0.15, 0.2) is 78.3 Å². The molecule has 0 atom stereocenters. The van der Waals surface area contributed by atoms with Crippen LogP contribution in [0.1, 0.15) is 37.8 Å². The van der Waals surface area contributed by atoms with Gasteiger partial charge in [-0.3, -0.25) is 4.79 Å². The number of nitrogens with two attached hydrogens (primary N) is 1. The van der Waals surface area contributed by atoms with Crippen molar-refractivity contribution in [3.8, 4) is 11.4 Å². The van der Waals surface area contributed by atoms with E-state index in [0.29, 0.717) is 36.2 Å². The average Bonchev–Trinajstić information content (AvgIpc) is 3.29. The molecule has 0 fully saturated rings. The Kier molecular flexibility index (Phi) is 7.61. The summed E-state index contributed by atoms with van der Waals surface area (Å²) in [7, 11) is 0. The molecule has 2 aromatic carbocycles. The van der Waals surface area contributed by atoms with Crippen LogP contribution in [-0.4, -0.2) is 26.7 Å². The molecule has 4 rings (SSSR count). The molecule has 4 aromatic rings. The molecule has 0 bridgehead atoms. The average molecular weight is 509 g/mol. The standard InChI is InChI=1S/C28H27F3N4O2/c1-3-18(2)23(25(36)16-20-5-4-6-22(15-20)37-28(29,30)31)12-9-19-7-10-21(11-8-19)35-14-13-24-26(32)33-17-34-27(24)35/h4-8,10-11,13-15,17H,3,9,12,16H2,1-2H3,(H2,32,33,34)/b23-18+. The van der Waals surface area contributed by atoms with E-state index in [1.54, 1.807) is 6.07 Å². The number of rotatable bonds is 9. The van der Waals surface area contributed by atoms with Gasteiger partial charge in [-0.2, -0.15) is 0 Å². The Morgan fingerprint density at radius 3 is 2.51 bits per heavy atom. The second kappa shape index (κ2) is 10.9. The van der Waals surface area contributed by atoms with E-state index in [0.717, 1.165) is 27.9 Å². The number of ether oxygens (including phenoxy) is 1. The number of carbonyl (C=O) groups excluding carboxylic acids is 1. The molecule has 37 heavy (non-hydrogen) atoms. The normalized spacial score (nSPS) is 12.5. The summed E-state index contributed by atoms with van der Waals surface area (Å²) < 4.78 is 43.6. The van der Waals surface area contributed by atoms with Crippen molar-refractivity contribution in [2.45, 2.75) is 45.9 Å². The summed E-state index contributed by atoms with van der Waals surface area (Å²) in [5, 5.41) is 0.783. The molecule has 0 saturated carbocycles. The second-order valence-corrected chi connectivity index (χ2v) is 8.76. The maximum atomic E-state index is 13.1. The zero-order valence-corrected chi connectivity index (χ0v) is 20.5. The number of aryl methyl sites for hydroxylation is 1. The Morgan fingerprint density at radius 2 is 1.81 bits per heavy atom. The predicted molar refractivity (Wildman–Crippen MR) is 136 cm³/mol. The molecule has 0 amide bonds. The minimum Gasteiger partial charge on any atom is -0.406 e. The van der Waals surface area contributed by atoms with Crippen molar-refractivity contribution in [1.29, 1.82) is 0 Å². The van der Waals surface area contributed by atoms with Crippen molar-refractivity contribution in [1.82, 2.24) is 14.5 Å². The lowest BCUT2D eigenvalue weighted by Gasteiger charge is -2.13. The lowest BCUT2D eigenvalue weighted by atomic mass is 9.93. The second-order valence-electron chi connectivity index (χ2n) is 8.76. The van der Waals surface area contributed by atoms with Gasteiger partial charge in [-0.1, -0.05) is 36.8 Å². The lowest BCUT2D eigenvalue weighted by Crippen LogP contribution is -2.17. The first-order valence-electron chi connectivity index (χ1n) is 11.9. The minimum atomic E-state index is -4.78. The maximum Gasteiger partial charge on any atom is 0.573 e. The van der Waals surface area contributed by atoms with Gasteiger partial charge in [0, 0.05) is 18.3 Å². The number of ketones is 1. The summed E-state index contributed by atoms with van der Waals surface area (Å²) in [6.45, 7) is 3.90. The topological polar surface area (TPSA) is 83.0 Å². The SMILES string of the molecule is CC/C(C)=C(\CCc1ccc(-n2ccc3c(N)ncnc32)cc1)C(=O)Cc1cccc(OC(F)(F)F)c1. The highest BCUT2D eigenvalue weighted by atomic mass is 19.4. The molecule has 0 unspecified atom stereocenters. The molecule has 0 spiro atoms. The van der Waals surface area contributed by atoms with Gasteiger partial charge in [0.1, 0.15) is 23.5 Å². The van der Waals surface area contributed by atoms with E-state index in [-0.39, 0.29) is 18.0 Å². The van der Waals surface area contributed by atoms with Gasteiger partial charge in [0.25, 0.3) is 0 Å². The van der Waals surface area contributed by atoms with E-state index in [2.05, 4.69) is 14.7 Å². The van der Waals surface area contributed by atoms with Crippen LogP contribution in [-0.2, 0) is 17.6 Å². The van der Waals surface area contributed by atoms with Crippen LogP contribution in [0.4, 0.5) is 19.0 Å². The van der Waals surface area contributed by atoms with Crippen LogP contribution in [0.25, 0.3) is 16.7 Å². The summed E-state index contributed by atoms with van der Waals surface area (Å²) in [5.41, 5.74) is 10.8. The van der Waals surface area contributed by atoms with E-state index in [1.165, 1.54) is 24.5 Å². The molecule has 0 aliphatic carbocycles. The molecule has 0 aliphatic rings. The highest BCUT2D eigenvalue weighted by molar-refractivity contribution is 5.97. The summed E-state index contributed by atoms with van der Waals surface area (Å²) in [5.74, 6) is -0.00767. The molecule has 2 heterocycles. The van der Waals surface area contributed by atoms with Gasteiger partial charge in [-0.15, -0.1) is 13.2 Å². The highest BCUT2D eigenvalue weighted by Crippen LogP contribution is 2.26. The van der Waals surface area contributed by atoms with Crippen LogP contribution in [0.5, 0.6) is 5.75 Å². The third-order valence-electron chi connectivity index (χ3n) is 6.27. The lowest BCUT2D eigenvalue weighted by molar-refractivity contribution is -0.274. The number of nitrogens with zero attached hydrogens (tertiary/aromatic N) is 3. The number of halogens is 3. The van der Waals surface area contributed by atoms with Crippen molar-refractivity contribution in [2.24, 2.45) is 0 Å². The highest BCUT2D eigenvalue weighted by Gasteiger charge is 2.31. The molecule has 0 aliphatic heterocycles. The molecule has 6 nitrogen and oxygen atoms in total. The molecule has 0 radical (unpaired) electrons. The Bertz CT molecular complexity index is 1440.